The number of carbonyl (C=O) groups excluding carboxylic acids is 2. The van der Waals surface area contributed by atoms with Crippen LogP contribution < -0.4 is 5.73 Å². The lowest BCUT2D eigenvalue weighted by molar-refractivity contribution is 0.0642. The van der Waals surface area contributed by atoms with Crippen molar-refractivity contribution >= 4 is 28.8 Å². The first kappa shape index (κ1) is 12.8. The van der Waals surface area contributed by atoms with Gasteiger partial charge in [-0.2, -0.15) is 0 Å². The number of amides is 2. The van der Waals surface area contributed by atoms with Crippen LogP contribution in [0.15, 0.2) is 24.4 Å². The van der Waals surface area contributed by atoms with Crippen LogP contribution in [-0.2, 0) is 13.0 Å². The summed E-state index contributed by atoms with van der Waals surface area (Å²) in [6.07, 6.45) is 2.68. The summed E-state index contributed by atoms with van der Waals surface area (Å²) in [5.41, 5.74) is 6.82. The first-order valence-electron chi connectivity index (χ1n) is 6.30. The van der Waals surface area contributed by atoms with Gasteiger partial charge >= 0.3 is 0 Å². The molecule has 0 unspecified atom stereocenters. The maximum atomic E-state index is 12.3. The Morgan fingerprint density at radius 3 is 2.75 bits per heavy atom. The number of benzene rings is 1. The van der Waals surface area contributed by atoms with Crippen LogP contribution in [0.4, 0.5) is 5.69 Å². The Morgan fingerprint density at radius 1 is 1.30 bits per heavy atom. The summed E-state index contributed by atoms with van der Waals surface area (Å²) in [6, 6.07) is 4.94. The minimum Gasteiger partial charge on any atom is -0.398 e. The second kappa shape index (κ2) is 4.72. The molecule has 0 fully saturated rings. The van der Waals surface area contributed by atoms with Crippen molar-refractivity contribution in [3.8, 4) is 0 Å². The monoisotopic (exact) mass is 287 g/mol. The number of hydrogen-bond acceptors (Lipinski definition) is 5. The molecular weight excluding hydrogens is 274 g/mol. The highest BCUT2D eigenvalue weighted by atomic mass is 32.1. The van der Waals surface area contributed by atoms with Crippen LogP contribution in [-0.4, -0.2) is 21.7 Å². The first-order chi connectivity index (χ1) is 9.61. The average molecular weight is 287 g/mol. The lowest BCUT2D eigenvalue weighted by Crippen LogP contribution is -2.29. The van der Waals surface area contributed by atoms with Gasteiger partial charge in [-0.1, -0.05) is 13.0 Å². The minimum atomic E-state index is -0.337. The molecule has 5 nitrogen and oxygen atoms in total. The summed E-state index contributed by atoms with van der Waals surface area (Å²) in [5.74, 6) is -0.637. The zero-order valence-corrected chi connectivity index (χ0v) is 11.7. The van der Waals surface area contributed by atoms with Crippen LogP contribution in [0.1, 0.15) is 37.5 Å². The summed E-state index contributed by atoms with van der Waals surface area (Å²) in [5, 5.41) is 0.759. The maximum absolute atomic E-state index is 12.3. The molecule has 1 aromatic heterocycles. The van der Waals surface area contributed by atoms with E-state index in [1.807, 2.05) is 6.92 Å². The van der Waals surface area contributed by atoms with Crippen LogP contribution >= 0.6 is 11.3 Å². The molecule has 0 bridgehead atoms. The van der Waals surface area contributed by atoms with Crippen molar-refractivity contribution < 1.29 is 9.59 Å². The Labute approximate surface area is 120 Å². The zero-order valence-electron chi connectivity index (χ0n) is 10.9. The summed E-state index contributed by atoms with van der Waals surface area (Å²) in [7, 11) is 0. The molecule has 0 radical (unpaired) electrons. The van der Waals surface area contributed by atoms with E-state index in [2.05, 4.69) is 4.98 Å². The molecule has 20 heavy (non-hydrogen) atoms. The third kappa shape index (κ3) is 1.89. The molecule has 6 heteroatoms. The van der Waals surface area contributed by atoms with E-state index in [-0.39, 0.29) is 18.4 Å². The van der Waals surface area contributed by atoms with Gasteiger partial charge in [0.25, 0.3) is 11.8 Å². The van der Waals surface area contributed by atoms with Crippen molar-refractivity contribution in [2.75, 3.05) is 5.73 Å². The van der Waals surface area contributed by atoms with Gasteiger partial charge in [0.05, 0.1) is 17.7 Å². The molecular formula is C14H13N3O2S. The Bertz CT molecular complexity index is 708. The molecule has 2 N–H and O–H groups in total. The van der Waals surface area contributed by atoms with Gasteiger partial charge in [0.15, 0.2) is 0 Å². The van der Waals surface area contributed by atoms with Gasteiger partial charge in [0.2, 0.25) is 0 Å². The lowest BCUT2D eigenvalue weighted by Gasteiger charge is -2.11. The number of nitrogens with zero attached hydrogens (tertiary/aromatic N) is 2. The fourth-order valence-electron chi connectivity index (χ4n) is 2.22. The van der Waals surface area contributed by atoms with Gasteiger partial charge in [-0.05, 0) is 18.6 Å². The quantitative estimate of drug-likeness (QED) is 0.692. The van der Waals surface area contributed by atoms with Crippen molar-refractivity contribution in [3.05, 3.63) is 45.4 Å². The van der Waals surface area contributed by atoms with Crippen molar-refractivity contribution in [2.24, 2.45) is 0 Å². The number of fused-ring (bicyclic) bond motifs is 1. The molecule has 2 heterocycles. The molecule has 2 amide bonds. The van der Waals surface area contributed by atoms with Gasteiger partial charge in [0.1, 0.15) is 5.01 Å². The van der Waals surface area contributed by atoms with Crippen LogP contribution in [0.25, 0.3) is 0 Å². The van der Waals surface area contributed by atoms with Gasteiger partial charge in [-0.3, -0.25) is 14.5 Å². The van der Waals surface area contributed by atoms with Crippen LogP contribution in [0.2, 0.25) is 0 Å². The van der Waals surface area contributed by atoms with Crippen LogP contribution in [0, 0.1) is 0 Å². The summed E-state index contributed by atoms with van der Waals surface area (Å²) < 4.78 is 0. The number of anilines is 1. The molecule has 0 atom stereocenters. The standard InChI is InChI=1S/C14H13N3O2S/c1-2-8-6-16-11(20-8)7-17-13(18)9-4-3-5-10(15)12(9)14(17)19/h3-6H,2,7,15H2,1H3. The highest BCUT2D eigenvalue weighted by molar-refractivity contribution is 7.11. The SMILES string of the molecule is CCc1cnc(CN2C(=O)c3cccc(N)c3C2=O)s1. The van der Waals surface area contributed by atoms with E-state index in [9.17, 15) is 9.59 Å². The number of nitrogen functional groups attached to an aromatic ring is 1. The number of rotatable bonds is 3. The highest BCUT2D eigenvalue weighted by Crippen LogP contribution is 2.29. The predicted molar refractivity (Wildman–Crippen MR) is 76.6 cm³/mol. The largest absolute Gasteiger partial charge is 0.398 e. The predicted octanol–water partition coefficient (Wildman–Crippen LogP) is 2.08. The molecule has 1 aromatic carbocycles. The van der Waals surface area contributed by atoms with Crippen molar-refractivity contribution in [1.29, 1.82) is 0 Å². The second-order valence-corrected chi connectivity index (χ2v) is 5.74. The number of aryl methyl sites for hydroxylation is 1. The molecule has 3 rings (SSSR count). The van der Waals surface area contributed by atoms with Gasteiger partial charge in [0, 0.05) is 16.8 Å². The van der Waals surface area contributed by atoms with E-state index >= 15 is 0 Å². The lowest BCUT2D eigenvalue weighted by atomic mass is 10.1. The summed E-state index contributed by atoms with van der Waals surface area (Å²) in [6.45, 7) is 2.25. The van der Waals surface area contributed by atoms with Gasteiger partial charge in [-0.15, -0.1) is 11.3 Å². The smallest absolute Gasteiger partial charge is 0.264 e. The molecule has 0 spiro atoms. The molecule has 0 saturated carbocycles. The molecule has 1 aliphatic heterocycles. The Kier molecular flexibility index (Phi) is 3.02. The van der Waals surface area contributed by atoms with Crippen molar-refractivity contribution in [2.45, 2.75) is 19.9 Å². The molecule has 102 valence electrons. The molecule has 0 saturated heterocycles. The van der Waals surface area contributed by atoms with Gasteiger partial charge in [-0.25, -0.2) is 4.98 Å². The molecule has 1 aliphatic rings. The number of aromatic nitrogens is 1. The zero-order chi connectivity index (χ0) is 14.3. The highest BCUT2D eigenvalue weighted by Gasteiger charge is 2.37. The van der Waals surface area contributed by atoms with E-state index in [1.54, 1.807) is 24.4 Å². The number of carbonyl (C=O) groups is 2. The maximum Gasteiger partial charge on any atom is 0.264 e. The second-order valence-electron chi connectivity index (χ2n) is 4.54. The average Bonchev–Trinajstić information content (AvgIpc) is 2.99. The molecule has 0 aliphatic carbocycles. The third-order valence-corrected chi connectivity index (χ3v) is 4.40. The number of hydrogen-bond donors (Lipinski definition) is 1. The summed E-state index contributed by atoms with van der Waals surface area (Å²) in [4.78, 5) is 31.2. The van der Waals surface area contributed by atoms with E-state index in [0.29, 0.717) is 16.8 Å². The fourth-order valence-corrected chi connectivity index (χ4v) is 3.07. The van der Waals surface area contributed by atoms with Crippen LogP contribution in [0.3, 0.4) is 0 Å². The minimum absolute atomic E-state index is 0.205. The van der Waals surface area contributed by atoms with Crippen LogP contribution in [0.5, 0.6) is 0 Å². The molecule has 2 aromatic rings. The third-order valence-electron chi connectivity index (χ3n) is 3.27. The fraction of sp³-hybridized carbons (Fsp3) is 0.214. The normalized spacial score (nSPS) is 13.9. The summed E-state index contributed by atoms with van der Waals surface area (Å²) >= 11 is 1.52. The number of thiazole rings is 1. The van der Waals surface area contributed by atoms with Gasteiger partial charge < -0.3 is 5.73 Å². The van der Waals surface area contributed by atoms with E-state index < -0.39 is 0 Å². The first-order valence-corrected chi connectivity index (χ1v) is 7.11. The Morgan fingerprint density at radius 2 is 2.10 bits per heavy atom. The van der Waals surface area contributed by atoms with E-state index in [4.69, 9.17) is 5.73 Å². The Hall–Kier alpha value is -2.21. The Balaban J connectivity index is 1.92. The van der Waals surface area contributed by atoms with Crippen molar-refractivity contribution in [1.82, 2.24) is 9.88 Å². The number of nitrogens with two attached hydrogens (primary N) is 1. The number of imide groups is 1. The van der Waals surface area contributed by atoms with Crippen molar-refractivity contribution in [3.63, 3.8) is 0 Å². The topological polar surface area (TPSA) is 76.3 Å². The van der Waals surface area contributed by atoms with E-state index in [1.165, 1.54) is 16.2 Å². The van der Waals surface area contributed by atoms with E-state index in [0.717, 1.165) is 16.3 Å².